The molecule has 7 heteroatoms. The van der Waals surface area contributed by atoms with E-state index in [2.05, 4.69) is 23.1 Å². The molecule has 4 rings (SSSR count). The molecular formula is C21H14ClN3O2S. The fourth-order valence-corrected chi connectivity index (χ4v) is 4.38. The summed E-state index contributed by atoms with van der Waals surface area (Å²) in [6, 6.07) is 9.18. The van der Waals surface area contributed by atoms with Gasteiger partial charge in [-0.3, -0.25) is 9.78 Å². The largest absolute Gasteiger partial charge is 0.333 e. The van der Waals surface area contributed by atoms with Crippen molar-refractivity contribution in [2.75, 3.05) is 0 Å². The van der Waals surface area contributed by atoms with E-state index in [1.54, 1.807) is 24.4 Å². The van der Waals surface area contributed by atoms with Crippen molar-refractivity contribution in [2.24, 2.45) is 0 Å². The molecule has 0 aliphatic rings. The molecule has 0 saturated heterocycles. The molecule has 28 heavy (non-hydrogen) atoms. The summed E-state index contributed by atoms with van der Waals surface area (Å²) in [5, 5.41) is 1.93. The van der Waals surface area contributed by atoms with E-state index in [0.717, 1.165) is 20.2 Å². The highest BCUT2D eigenvalue weighted by Gasteiger charge is 2.16. The minimum absolute atomic E-state index is 0.326. The first kappa shape index (κ1) is 18.2. The van der Waals surface area contributed by atoms with Crippen LogP contribution in [-0.2, 0) is 0 Å². The number of nitrogens with one attached hydrogen (secondary N) is 1. The second-order valence-corrected chi connectivity index (χ2v) is 7.53. The summed E-state index contributed by atoms with van der Waals surface area (Å²) < 4.78 is 1.53. The van der Waals surface area contributed by atoms with Crippen molar-refractivity contribution in [3.05, 3.63) is 98.8 Å². The number of aromatic nitrogens is 3. The Labute approximate surface area is 168 Å². The lowest BCUT2D eigenvalue weighted by Crippen LogP contribution is -2.33. The van der Waals surface area contributed by atoms with Crippen LogP contribution >= 0.6 is 22.9 Å². The zero-order valence-corrected chi connectivity index (χ0v) is 16.2. The number of hydrogen-bond donors (Lipinski definition) is 1. The fourth-order valence-electron chi connectivity index (χ4n) is 3.06. The normalized spacial score (nSPS) is 11.8. The topological polar surface area (TPSA) is 67.8 Å². The number of fused-ring (bicyclic) bond motifs is 2. The highest BCUT2D eigenvalue weighted by molar-refractivity contribution is 7.20. The van der Waals surface area contributed by atoms with Crippen molar-refractivity contribution in [1.29, 1.82) is 0 Å². The number of rotatable bonds is 4. The Morgan fingerprint density at radius 2 is 2.04 bits per heavy atom. The first-order valence-corrected chi connectivity index (χ1v) is 9.50. The lowest BCUT2D eigenvalue weighted by Gasteiger charge is -2.07. The number of halogens is 1. The molecule has 4 aromatic rings. The maximum atomic E-state index is 13.2. The van der Waals surface area contributed by atoms with Gasteiger partial charge in [-0.05, 0) is 6.07 Å². The quantitative estimate of drug-likeness (QED) is 0.502. The Morgan fingerprint density at radius 3 is 2.79 bits per heavy atom. The van der Waals surface area contributed by atoms with Crippen LogP contribution < -0.4 is 11.2 Å². The third-order valence-corrected chi connectivity index (χ3v) is 5.66. The van der Waals surface area contributed by atoms with Crippen LogP contribution in [0.2, 0.25) is 0 Å². The summed E-state index contributed by atoms with van der Waals surface area (Å²) in [6.07, 6.45) is 6.52. The molecule has 1 aromatic carbocycles. The molecule has 0 saturated carbocycles. The zero-order valence-electron chi connectivity index (χ0n) is 14.6. The number of benzene rings is 1. The predicted octanol–water partition coefficient (Wildman–Crippen LogP) is 4.61. The summed E-state index contributed by atoms with van der Waals surface area (Å²) in [5.74, 6) is 0. The Balaban J connectivity index is 2.03. The Morgan fingerprint density at radius 1 is 1.25 bits per heavy atom. The van der Waals surface area contributed by atoms with Crippen molar-refractivity contribution < 1.29 is 0 Å². The van der Waals surface area contributed by atoms with Gasteiger partial charge in [-0.15, -0.1) is 11.3 Å². The van der Waals surface area contributed by atoms with E-state index in [-0.39, 0.29) is 0 Å². The van der Waals surface area contributed by atoms with Crippen LogP contribution in [0.4, 0.5) is 0 Å². The van der Waals surface area contributed by atoms with Crippen molar-refractivity contribution in [3.63, 3.8) is 0 Å². The summed E-state index contributed by atoms with van der Waals surface area (Å²) in [5.41, 5.74) is 0.596. The number of aromatic amines is 1. The number of thiophene rings is 1. The fraction of sp³-hybridized carbons (Fsp3) is 0. The Bertz CT molecular complexity index is 1400. The summed E-state index contributed by atoms with van der Waals surface area (Å²) >= 11 is 7.32. The van der Waals surface area contributed by atoms with Crippen LogP contribution in [0.1, 0.15) is 4.88 Å². The lowest BCUT2D eigenvalue weighted by molar-refractivity contribution is 0.905. The smallest absolute Gasteiger partial charge is 0.306 e. The van der Waals surface area contributed by atoms with Gasteiger partial charge in [-0.2, -0.15) is 0 Å². The van der Waals surface area contributed by atoms with Crippen LogP contribution in [0.25, 0.3) is 32.2 Å². The standard InChI is InChI=1S/C21H14ClN3O2S/c1-3-6-14(12(2)22)18-9-16-19(28-18)20(26)25(21(27)24-16)17-11-23-10-13-7-4-5-8-15(13)17/h3-11H,1-2H2,(H,24,27)/b14-6+. The molecule has 3 aromatic heterocycles. The van der Waals surface area contributed by atoms with Crippen LogP contribution in [-0.4, -0.2) is 14.5 Å². The summed E-state index contributed by atoms with van der Waals surface area (Å²) in [4.78, 5) is 33.6. The number of nitrogens with zero attached hydrogens (tertiary/aromatic N) is 2. The number of allylic oxidation sites excluding steroid dienone is 4. The SMILES string of the molecule is C=C/C=C(\C(=C)Cl)c1cc2[nH]c(=O)n(-c3cncc4ccccc34)c(=O)c2s1. The van der Waals surface area contributed by atoms with E-state index in [0.29, 0.717) is 26.5 Å². The highest BCUT2D eigenvalue weighted by Crippen LogP contribution is 2.32. The minimum Gasteiger partial charge on any atom is -0.306 e. The zero-order chi connectivity index (χ0) is 19.8. The first-order valence-electron chi connectivity index (χ1n) is 8.31. The van der Waals surface area contributed by atoms with Gasteiger partial charge in [-0.25, -0.2) is 9.36 Å². The summed E-state index contributed by atoms with van der Waals surface area (Å²) in [6.45, 7) is 7.43. The molecule has 3 heterocycles. The maximum Gasteiger partial charge on any atom is 0.333 e. The molecule has 1 N–H and O–H groups in total. The van der Waals surface area contributed by atoms with Gasteiger partial charge in [0.25, 0.3) is 5.56 Å². The van der Waals surface area contributed by atoms with Crippen LogP contribution in [0, 0.1) is 0 Å². The molecule has 0 bridgehead atoms. The van der Waals surface area contributed by atoms with Crippen molar-refractivity contribution in [1.82, 2.24) is 14.5 Å². The molecule has 0 fully saturated rings. The van der Waals surface area contributed by atoms with Crippen LogP contribution in [0.5, 0.6) is 0 Å². The monoisotopic (exact) mass is 407 g/mol. The van der Waals surface area contributed by atoms with E-state index < -0.39 is 11.2 Å². The van der Waals surface area contributed by atoms with Gasteiger partial charge in [0, 0.05) is 32.5 Å². The van der Waals surface area contributed by atoms with Crippen molar-refractivity contribution in [2.45, 2.75) is 0 Å². The maximum absolute atomic E-state index is 13.2. The van der Waals surface area contributed by atoms with Gasteiger partial charge in [0.15, 0.2) is 0 Å². The van der Waals surface area contributed by atoms with E-state index >= 15 is 0 Å². The van der Waals surface area contributed by atoms with E-state index in [1.165, 1.54) is 17.5 Å². The molecule has 5 nitrogen and oxygen atoms in total. The minimum atomic E-state index is -0.529. The summed E-state index contributed by atoms with van der Waals surface area (Å²) in [7, 11) is 0. The van der Waals surface area contributed by atoms with Crippen molar-refractivity contribution >= 4 is 49.5 Å². The molecule has 138 valence electrons. The Kier molecular flexibility index (Phi) is 4.58. The van der Waals surface area contributed by atoms with Gasteiger partial charge < -0.3 is 4.98 Å². The number of pyridine rings is 1. The van der Waals surface area contributed by atoms with E-state index in [4.69, 9.17) is 11.6 Å². The Hall–Kier alpha value is -3.22. The second-order valence-electron chi connectivity index (χ2n) is 6.02. The van der Waals surface area contributed by atoms with Gasteiger partial charge in [-0.1, -0.05) is 61.2 Å². The average Bonchev–Trinajstić information content (AvgIpc) is 3.09. The molecular weight excluding hydrogens is 394 g/mol. The van der Waals surface area contributed by atoms with Gasteiger partial charge in [0.05, 0.1) is 17.4 Å². The molecule has 0 aliphatic carbocycles. The van der Waals surface area contributed by atoms with E-state index in [1.807, 2.05) is 24.3 Å². The van der Waals surface area contributed by atoms with Gasteiger partial charge in [0.1, 0.15) is 4.70 Å². The molecule has 0 spiro atoms. The molecule has 0 amide bonds. The lowest BCUT2D eigenvalue weighted by atomic mass is 10.1. The second kappa shape index (κ2) is 7.07. The van der Waals surface area contributed by atoms with Gasteiger partial charge >= 0.3 is 5.69 Å². The predicted molar refractivity (Wildman–Crippen MR) is 117 cm³/mol. The third kappa shape index (κ3) is 2.93. The third-order valence-electron chi connectivity index (χ3n) is 4.30. The highest BCUT2D eigenvalue weighted by atomic mass is 35.5. The molecule has 0 unspecified atom stereocenters. The van der Waals surface area contributed by atoms with Crippen LogP contribution in [0.15, 0.2) is 82.7 Å². The first-order chi connectivity index (χ1) is 13.5. The number of hydrogen-bond acceptors (Lipinski definition) is 4. The van der Waals surface area contributed by atoms with Crippen molar-refractivity contribution in [3.8, 4) is 5.69 Å². The van der Waals surface area contributed by atoms with Gasteiger partial charge in [0.2, 0.25) is 0 Å². The molecule has 0 aliphatic heterocycles. The molecule has 0 radical (unpaired) electrons. The van der Waals surface area contributed by atoms with Crippen LogP contribution in [0.3, 0.4) is 0 Å². The molecule has 0 atom stereocenters. The van der Waals surface area contributed by atoms with E-state index in [9.17, 15) is 9.59 Å². The average molecular weight is 408 g/mol. The number of H-pyrrole nitrogens is 1.